The van der Waals surface area contributed by atoms with Crippen molar-refractivity contribution in [2.45, 2.75) is 13.5 Å². The minimum Gasteiger partial charge on any atom is -0.380 e. The normalized spacial score (nSPS) is 18.6. The maximum atomic E-state index is 5.90. The van der Waals surface area contributed by atoms with Crippen LogP contribution < -0.4 is 0 Å². The van der Waals surface area contributed by atoms with Crippen LogP contribution in [0, 0.1) is 12.8 Å². The second kappa shape index (κ2) is 8.48. The molecule has 1 N–H and O–H groups in total. The van der Waals surface area contributed by atoms with Gasteiger partial charge in [-0.3, -0.25) is 4.90 Å². The lowest BCUT2D eigenvalue weighted by molar-refractivity contribution is 0.112. The number of hydrogen-bond acceptors (Lipinski definition) is 3. The summed E-state index contributed by atoms with van der Waals surface area (Å²) in [5.74, 6) is 0.546. The molecule has 148 valence electrons. The van der Waals surface area contributed by atoms with Gasteiger partial charge < -0.3 is 14.6 Å². The monoisotopic (exact) mass is 377 g/mol. The molecule has 0 radical (unpaired) electrons. The molecule has 4 nitrogen and oxygen atoms in total. The summed E-state index contributed by atoms with van der Waals surface area (Å²) >= 11 is 0. The number of ether oxygens (including phenoxy) is 1. The Morgan fingerprint density at radius 1 is 1.11 bits per heavy atom. The lowest BCUT2D eigenvalue weighted by Crippen LogP contribution is -2.34. The minimum absolute atomic E-state index is 0.546. The summed E-state index contributed by atoms with van der Waals surface area (Å²) in [5.41, 5.74) is 6.46. The Morgan fingerprint density at radius 2 is 1.93 bits per heavy atom. The number of benzene rings is 2. The van der Waals surface area contributed by atoms with Gasteiger partial charge in [-0.25, -0.2) is 0 Å². The zero-order valence-electron chi connectivity index (χ0n) is 17.2. The van der Waals surface area contributed by atoms with E-state index < -0.39 is 0 Å². The van der Waals surface area contributed by atoms with Crippen molar-refractivity contribution in [1.82, 2.24) is 14.8 Å². The minimum atomic E-state index is 0.546. The Morgan fingerprint density at radius 3 is 2.71 bits per heavy atom. The number of aromatic amines is 1. The van der Waals surface area contributed by atoms with Gasteiger partial charge in [0, 0.05) is 43.0 Å². The third-order valence-corrected chi connectivity index (χ3v) is 5.64. The molecule has 1 saturated heterocycles. The molecule has 0 bridgehead atoms. The van der Waals surface area contributed by atoms with Crippen LogP contribution in [0.4, 0.5) is 0 Å². The lowest BCUT2D eigenvalue weighted by atomic mass is 10.0. The highest BCUT2D eigenvalue weighted by Gasteiger charge is 2.22. The van der Waals surface area contributed by atoms with Crippen molar-refractivity contribution >= 4 is 10.9 Å². The highest BCUT2D eigenvalue weighted by atomic mass is 16.5. The van der Waals surface area contributed by atoms with E-state index in [0.29, 0.717) is 5.92 Å². The fourth-order valence-electron chi connectivity index (χ4n) is 4.38. The van der Waals surface area contributed by atoms with E-state index in [1.807, 2.05) is 0 Å². The van der Waals surface area contributed by atoms with Crippen LogP contribution in [0.1, 0.15) is 11.1 Å². The van der Waals surface area contributed by atoms with Crippen LogP contribution in [-0.2, 0) is 11.3 Å². The first kappa shape index (κ1) is 19.2. The number of nitrogens with one attached hydrogen (secondary N) is 1. The predicted molar refractivity (Wildman–Crippen MR) is 117 cm³/mol. The van der Waals surface area contributed by atoms with Gasteiger partial charge >= 0.3 is 0 Å². The molecule has 0 amide bonds. The molecule has 4 heteroatoms. The number of hydrogen-bond donors (Lipinski definition) is 1. The van der Waals surface area contributed by atoms with Gasteiger partial charge in [0.2, 0.25) is 0 Å². The molecule has 1 atom stereocenters. The van der Waals surface area contributed by atoms with Crippen LogP contribution >= 0.6 is 0 Å². The maximum Gasteiger partial charge on any atom is 0.0593 e. The summed E-state index contributed by atoms with van der Waals surface area (Å²) in [4.78, 5) is 8.57. The van der Waals surface area contributed by atoms with Crippen molar-refractivity contribution in [3.8, 4) is 11.3 Å². The van der Waals surface area contributed by atoms with E-state index in [0.717, 1.165) is 39.4 Å². The van der Waals surface area contributed by atoms with Gasteiger partial charge in [0.05, 0.1) is 18.9 Å². The Balaban J connectivity index is 1.70. The number of fused-ring (bicyclic) bond motifs is 1. The molecule has 1 aliphatic rings. The second-order valence-corrected chi connectivity index (χ2v) is 8.28. The highest BCUT2D eigenvalue weighted by molar-refractivity contribution is 5.92. The van der Waals surface area contributed by atoms with Gasteiger partial charge in [0.15, 0.2) is 0 Å². The van der Waals surface area contributed by atoms with E-state index in [-0.39, 0.29) is 0 Å². The standard InChI is InChI=1S/C24H31N3O/c1-18-8-7-11-21-22(24(25-23(18)21)20-9-5-4-6-10-20)16-27-12-13-28-17-19(15-27)14-26(2)3/h4-11,19,25H,12-17H2,1-3H3/t19-/m1/s1. The van der Waals surface area contributed by atoms with Gasteiger partial charge in [-0.15, -0.1) is 0 Å². The summed E-state index contributed by atoms with van der Waals surface area (Å²) in [5, 5.41) is 1.34. The van der Waals surface area contributed by atoms with E-state index in [9.17, 15) is 0 Å². The van der Waals surface area contributed by atoms with Crippen LogP contribution in [-0.4, -0.2) is 61.7 Å². The van der Waals surface area contributed by atoms with Crippen molar-refractivity contribution in [3.63, 3.8) is 0 Å². The highest BCUT2D eigenvalue weighted by Crippen LogP contribution is 2.33. The smallest absolute Gasteiger partial charge is 0.0593 e. The average Bonchev–Trinajstić information content (AvgIpc) is 2.90. The molecular formula is C24H31N3O. The Kier molecular flexibility index (Phi) is 5.81. The summed E-state index contributed by atoms with van der Waals surface area (Å²) in [7, 11) is 4.29. The number of H-pyrrole nitrogens is 1. The summed E-state index contributed by atoms with van der Waals surface area (Å²) < 4.78 is 5.90. The molecule has 0 saturated carbocycles. The van der Waals surface area contributed by atoms with Crippen molar-refractivity contribution in [3.05, 3.63) is 59.7 Å². The molecule has 1 aliphatic heterocycles. The van der Waals surface area contributed by atoms with Crippen molar-refractivity contribution in [2.24, 2.45) is 5.92 Å². The zero-order valence-corrected chi connectivity index (χ0v) is 17.2. The summed E-state index contributed by atoms with van der Waals surface area (Å²) in [6, 6.07) is 17.3. The lowest BCUT2D eigenvalue weighted by Gasteiger charge is -2.25. The number of aromatic nitrogens is 1. The quantitative estimate of drug-likeness (QED) is 0.725. The fraction of sp³-hybridized carbons (Fsp3) is 0.417. The third kappa shape index (κ3) is 4.14. The first-order valence-corrected chi connectivity index (χ1v) is 10.2. The first-order chi connectivity index (χ1) is 13.6. The molecule has 28 heavy (non-hydrogen) atoms. The molecule has 0 unspecified atom stereocenters. The number of para-hydroxylation sites is 1. The van der Waals surface area contributed by atoms with E-state index >= 15 is 0 Å². The number of rotatable bonds is 5. The number of nitrogens with zero attached hydrogens (tertiary/aromatic N) is 2. The third-order valence-electron chi connectivity index (χ3n) is 5.64. The van der Waals surface area contributed by atoms with Crippen molar-refractivity contribution in [2.75, 3.05) is 46.9 Å². The molecular weight excluding hydrogens is 346 g/mol. The second-order valence-electron chi connectivity index (χ2n) is 8.28. The van der Waals surface area contributed by atoms with Crippen LogP contribution in [0.2, 0.25) is 0 Å². The van der Waals surface area contributed by atoms with Crippen LogP contribution in [0.25, 0.3) is 22.2 Å². The van der Waals surface area contributed by atoms with Crippen LogP contribution in [0.15, 0.2) is 48.5 Å². The van der Waals surface area contributed by atoms with E-state index in [1.165, 1.54) is 33.3 Å². The van der Waals surface area contributed by atoms with Gasteiger partial charge in [-0.05, 0) is 37.7 Å². The zero-order chi connectivity index (χ0) is 19.5. The van der Waals surface area contributed by atoms with Crippen LogP contribution in [0.3, 0.4) is 0 Å². The van der Waals surface area contributed by atoms with Gasteiger partial charge in [0.1, 0.15) is 0 Å². The van der Waals surface area contributed by atoms with Gasteiger partial charge in [-0.2, -0.15) is 0 Å². The van der Waals surface area contributed by atoms with Crippen LogP contribution in [0.5, 0.6) is 0 Å². The summed E-state index contributed by atoms with van der Waals surface area (Å²) in [6.45, 7) is 7.92. The Labute approximate surface area is 168 Å². The van der Waals surface area contributed by atoms with Gasteiger partial charge in [-0.1, -0.05) is 48.5 Å². The van der Waals surface area contributed by atoms with E-state index in [4.69, 9.17) is 4.74 Å². The summed E-state index contributed by atoms with van der Waals surface area (Å²) in [6.07, 6.45) is 0. The Bertz CT molecular complexity index is 916. The van der Waals surface area contributed by atoms with Crippen molar-refractivity contribution < 1.29 is 4.74 Å². The van der Waals surface area contributed by atoms with E-state index in [2.05, 4.69) is 84.3 Å². The molecule has 0 aliphatic carbocycles. The largest absolute Gasteiger partial charge is 0.380 e. The number of aryl methyl sites for hydroxylation is 1. The molecule has 2 aromatic carbocycles. The first-order valence-electron chi connectivity index (χ1n) is 10.2. The molecule has 2 heterocycles. The maximum absolute atomic E-state index is 5.90. The molecule has 1 fully saturated rings. The van der Waals surface area contributed by atoms with Crippen molar-refractivity contribution in [1.29, 1.82) is 0 Å². The Hall–Kier alpha value is -2.14. The predicted octanol–water partition coefficient (Wildman–Crippen LogP) is 4.15. The molecule has 0 spiro atoms. The average molecular weight is 378 g/mol. The fourth-order valence-corrected chi connectivity index (χ4v) is 4.38. The molecule has 4 rings (SSSR count). The topological polar surface area (TPSA) is 31.5 Å². The molecule has 1 aromatic heterocycles. The van der Waals surface area contributed by atoms with E-state index in [1.54, 1.807) is 0 Å². The SMILES string of the molecule is Cc1cccc2c(CN3CCOC[C@H](CN(C)C)C3)c(-c3ccccc3)[nH]c12. The molecule has 3 aromatic rings. The van der Waals surface area contributed by atoms with Gasteiger partial charge in [0.25, 0.3) is 0 Å².